The number of rotatable bonds is 2. The molecule has 1 saturated heterocycles. The fraction of sp³-hybridized carbons (Fsp3) is 0.692. The maximum Gasteiger partial charge on any atom is 0.233 e. The molecule has 1 amide bonds. The van der Waals surface area contributed by atoms with Crippen LogP contribution in [-0.2, 0) is 4.79 Å². The Balaban J connectivity index is 1.78. The molecule has 2 atom stereocenters. The first-order chi connectivity index (χ1) is 8.71. The highest BCUT2D eigenvalue weighted by Crippen LogP contribution is 2.44. The molecule has 0 unspecified atom stereocenters. The number of carbonyl (C=O) groups excluding carboxylic acids is 1. The Kier molecular flexibility index (Phi) is 3.11. The molecular weight excluding hydrogens is 246 g/mol. The Morgan fingerprint density at radius 3 is 3.28 bits per heavy atom. The van der Waals surface area contributed by atoms with Gasteiger partial charge in [-0.3, -0.25) is 4.79 Å². The van der Waals surface area contributed by atoms with Gasteiger partial charge >= 0.3 is 0 Å². The third-order valence-corrected chi connectivity index (χ3v) is 5.21. The van der Waals surface area contributed by atoms with Gasteiger partial charge in [0.15, 0.2) is 5.13 Å². The van der Waals surface area contributed by atoms with Crippen molar-refractivity contribution in [3.05, 3.63) is 11.1 Å². The van der Waals surface area contributed by atoms with E-state index in [0.717, 1.165) is 30.3 Å². The van der Waals surface area contributed by atoms with Gasteiger partial charge in [-0.05, 0) is 32.2 Å². The van der Waals surface area contributed by atoms with Crippen LogP contribution in [0.2, 0.25) is 0 Å². The van der Waals surface area contributed by atoms with Gasteiger partial charge in [0, 0.05) is 11.9 Å². The van der Waals surface area contributed by atoms with E-state index in [9.17, 15) is 4.79 Å². The SMILES string of the molecule is Cc1csc(NC(=O)[C@@]23CCCC[C@H]2CNC3)n1. The summed E-state index contributed by atoms with van der Waals surface area (Å²) >= 11 is 1.51. The Bertz CT molecular complexity index is 459. The van der Waals surface area contributed by atoms with Crippen LogP contribution in [0.1, 0.15) is 31.4 Å². The van der Waals surface area contributed by atoms with Crippen LogP contribution < -0.4 is 10.6 Å². The highest BCUT2D eigenvalue weighted by molar-refractivity contribution is 7.13. The summed E-state index contributed by atoms with van der Waals surface area (Å²) in [5.74, 6) is 0.679. The van der Waals surface area contributed by atoms with E-state index < -0.39 is 0 Å². The molecule has 1 aliphatic carbocycles. The first-order valence-electron chi connectivity index (χ1n) is 6.65. The zero-order chi connectivity index (χ0) is 12.6. The van der Waals surface area contributed by atoms with Crippen molar-refractivity contribution < 1.29 is 4.79 Å². The second-order valence-electron chi connectivity index (χ2n) is 5.48. The summed E-state index contributed by atoms with van der Waals surface area (Å²) in [6, 6.07) is 0. The van der Waals surface area contributed by atoms with E-state index in [4.69, 9.17) is 0 Å². The molecule has 0 spiro atoms. The second-order valence-corrected chi connectivity index (χ2v) is 6.34. The average Bonchev–Trinajstić information content (AvgIpc) is 2.96. The van der Waals surface area contributed by atoms with Gasteiger partial charge in [0.2, 0.25) is 5.91 Å². The molecule has 1 saturated carbocycles. The van der Waals surface area contributed by atoms with Gasteiger partial charge in [0.05, 0.1) is 11.1 Å². The molecule has 2 fully saturated rings. The number of nitrogens with one attached hydrogen (secondary N) is 2. The third kappa shape index (κ3) is 1.95. The number of thiazole rings is 1. The van der Waals surface area contributed by atoms with E-state index in [1.165, 1.54) is 30.6 Å². The number of fused-ring (bicyclic) bond motifs is 1. The molecule has 18 heavy (non-hydrogen) atoms. The molecule has 1 aromatic rings. The number of anilines is 1. The standard InChI is InChI=1S/C13H19N3OS/c1-9-7-18-12(15-9)16-11(17)13-5-3-2-4-10(13)6-14-8-13/h7,10,14H,2-6,8H2,1H3,(H,15,16,17)/t10-,13+/m0/s1. The molecule has 2 heterocycles. The van der Waals surface area contributed by atoms with Gasteiger partial charge < -0.3 is 10.6 Å². The van der Waals surface area contributed by atoms with Gasteiger partial charge in [0.1, 0.15) is 0 Å². The zero-order valence-electron chi connectivity index (χ0n) is 10.7. The predicted molar refractivity (Wildman–Crippen MR) is 72.7 cm³/mol. The van der Waals surface area contributed by atoms with Crippen molar-refractivity contribution >= 4 is 22.4 Å². The van der Waals surface area contributed by atoms with Gasteiger partial charge in [-0.2, -0.15) is 0 Å². The van der Waals surface area contributed by atoms with E-state index in [1.807, 2.05) is 12.3 Å². The molecule has 1 aliphatic heterocycles. The van der Waals surface area contributed by atoms with Gasteiger partial charge in [-0.15, -0.1) is 11.3 Å². The second kappa shape index (κ2) is 4.63. The van der Waals surface area contributed by atoms with Crippen LogP contribution in [0, 0.1) is 18.3 Å². The smallest absolute Gasteiger partial charge is 0.233 e. The third-order valence-electron chi connectivity index (χ3n) is 4.33. The van der Waals surface area contributed by atoms with Crippen molar-refractivity contribution in [3.63, 3.8) is 0 Å². The van der Waals surface area contributed by atoms with Crippen LogP contribution in [-0.4, -0.2) is 24.0 Å². The van der Waals surface area contributed by atoms with Crippen LogP contribution >= 0.6 is 11.3 Å². The Hall–Kier alpha value is -0.940. The fourth-order valence-electron chi connectivity index (χ4n) is 3.32. The number of carbonyl (C=O) groups is 1. The highest BCUT2D eigenvalue weighted by Gasteiger charge is 2.49. The van der Waals surface area contributed by atoms with E-state index in [-0.39, 0.29) is 11.3 Å². The Labute approximate surface area is 111 Å². The van der Waals surface area contributed by atoms with Crippen LogP contribution in [0.3, 0.4) is 0 Å². The maximum atomic E-state index is 12.6. The number of hydrogen-bond donors (Lipinski definition) is 2. The first-order valence-corrected chi connectivity index (χ1v) is 7.53. The largest absolute Gasteiger partial charge is 0.315 e. The summed E-state index contributed by atoms with van der Waals surface area (Å²) in [6.45, 7) is 3.77. The molecular formula is C13H19N3OS. The normalized spacial score (nSPS) is 31.1. The molecule has 0 radical (unpaired) electrons. The summed E-state index contributed by atoms with van der Waals surface area (Å²) in [7, 11) is 0. The topological polar surface area (TPSA) is 54.0 Å². The van der Waals surface area contributed by atoms with Crippen LogP contribution in [0.4, 0.5) is 5.13 Å². The molecule has 98 valence electrons. The molecule has 1 aromatic heterocycles. The number of aromatic nitrogens is 1. The summed E-state index contributed by atoms with van der Waals surface area (Å²) in [5, 5.41) is 9.13. The molecule has 2 N–H and O–H groups in total. The first kappa shape index (κ1) is 12.1. The lowest BCUT2D eigenvalue weighted by molar-refractivity contribution is -0.128. The quantitative estimate of drug-likeness (QED) is 0.861. The minimum Gasteiger partial charge on any atom is -0.315 e. The van der Waals surface area contributed by atoms with Crippen molar-refractivity contribution in [2.75, 3.05) is 18.4 Å². The number of aryl methyl sites for hydroxylation is 1. The molecule has 3 rings (SSSR count). The average molecular weight is 265 g/mol. The van der Waals surface area contributed by atoms with Gasteiger partial charge in [-0.25, -0.2) is 4.98 Å². The van der Waals surface area contributed by atoms with Crippen LogP contribution in [0.15, 0.2) is 5.38 Å². The summed E-state index contributed by atoms with van der Waals surface area (Å²) in [6.07, 6.45) is 4.62. The fourth-order valence-corrected chi connectivity index (χ4v) is 4.01. The zero-order valence-corrected chi connectivity index (χ0v) is 11.5. The lowest BCUT2D eigenvalue weighted by Gasteiger charge is -2.36. The highest BCUT2D eigenvalue weighted by atomic mass is 32.1. The molecule has 0 aromatic carbocycles. The minimum atomic E-state index is -0.183. The van der Waals surface area contributed by atoms with Crippen molar-refractivity contribution in [2.24, 2.45) is 11.3 Å². The van der Waals surface area contributed by atoms with E-state index in [2.05, 4.69) is 15.6 Å². The van der Waals surface area contributed by atoms with Crippen molar-refractivity contribution in [1.29, 1.82) is 0 Å². The van der Waals surface area contributed by atoms with E-state index in [1.54, 1.807) is 0 Å². The van der Waals surface area contributed by atoms with Crippen LogP contribution in [0.5, 0.6) is 0 Å². The molecule has 5 heteroatoms. The van der Waals surface area contributed by atoms with Crippen molar-refractivity contribution in [2.45, 2.75) is 32.6 Å². The van der Waals surface area contributed by atoms with E-state index >= 15 is 0 Å². The van der Waals surface area contributed by atoms with E-state index in [0.29, 0.717) is 5.92 Å². The molecule has 2 aliphatic rings. The molecule has 4 nitrogen and oxygen atoms in total. The lowest BCUT2D eigenvalue weighted by Crippen LogP contribution is -2.44. The number of hydrogen-bond acceptors (Lipinski definition) is 4. The van der Waals surface area contributed by atoms with Crippen molar-refractivity contribution in [3.8, 4) is 0 Å². The van der Waals surface area contributed by atoms with Gasteiger partial charge in [-0.1, -0.05) is 12.8 Å². The number of amides is 1. The number of nitrogens with zero attached hydrogens (tertiary/aromatic N) is 1. The summed E-state index contributed by atoms with van der Waals surface area (Å²) < 4.78 is 0. The summed E-state index contributed by atoms with van der Waals surface area (Å²) in [5.41, 5.74) is 0.787. The molecule has 0 bridgehead atoms. The Morgan fingerprint density at radius 2 is 2.50 bits per heavy atom. The maximum absolute atomic E-state index is 12.6. The monoisotopic (exact) mass is 265 g/mol. The van der Waals surface area contributed by atoms with Crippen molar-refractivity contribution in [1.82, 2.24) is 10.3 Å². The van der Waals surface area contributed by atoms with Crippen LogP contribution in [0.25, 0.3) is 0 Å². The minimum absolute atomic E-state index is 0.173. The predicted octanol–water partition coefficient (Wildman–Crippen LogP) is 2.17. The summed E-state index contributed by atoms with van der Waals surface area (Å²) in [4.78, 5) is 16.9. The van der Waals surface area contributed by atoms with Gasteiger partial charge in [0.25, 0.3) is 0 Å². The Morgan fingerprint density at radius 1 is 1.61 bits per heavy atom. The lowest BCUT2D eigenvalue weighted by atomic mass is 9.68.